The molecule has 1 fully saturated rings. The van der Waals surface area contributed by atoms with Gasteiger partial charge >= 0.3 is 0 Å². The van der Waals surface area contributed by atoms with Crippen LogP contribution in [0.25, 0.3) is 11.4 Å². The number of methoxy groups -OCH3 is 1. The van der Waals surface area contributed by atoms with E-state index in [-0.39, 0.29) is 5.89 Å². The number of aromatic nitrogens is 2. The van der Waals surface area contributed by atoms with Gasteiger partial charge in [0.25, 0.3) is 5.89 Å². The number of nitrogens with zero attached hydrogens (tertiary/aromatic N) is 2. The molecule has 1 saturated heterocycles. The van der Waals surface area contributed by atoms with Crippen molar-refractivity contribution >= 4 is 0 Å². The molecule has 0 amide bonds. The van der Waals surface area contributed by atoms with Crippen LogP contribution in [0.4, 0.5) is 0 Å². The van der Waals surface area contributed by atoms with E-state index in [0.29, 0.717) is 24.5 Å². The molecule has 1 aromatic heterocycles. The number of aliphatic hydroxyl groups is 1. The molecule has 112 valence electrons. The first-order chi connectivity index (χ1) is 10.1. The lowest BCUT2D eigenvalue weighted by atomic mass is 9.94. The summed E-state index contributed by atoms with van der Waals surface area (Å²) < 4.78 is 10.6. The van der Waals surface area contributed by atoms with Crippen molar-refractivity contribution in [2.24, 2.45) is 0 Å². The zero-order valence-electron chi connectivity index (χ0n) is 12.2. The molecule has 0 bridgehead atoms. The van der Waals surface area contributed by atoms with Crippen molar-refractivity contribution in [2.75, 3.05) is 20.2 Å². The van der Waals surface area contributed by atoms with Gasteiger partial charge in [0, 0.05) is 6.54 Å². The molecule has 1 aliphatic rings. The molecule has 0 radical (unpaired) electrons. The average molecular weight is 289 g/mol. The lowest BCUT2D eigenvalue weighted by Gasteiger charge is -2.28. The molecule has 1 unspecified atom stereocenters. The van der Waals surface area contributed by atoms with E-state index in [0.717, 1.165) is 24.1 Å². The van der Waals surface area contributed by atoms with Crippen LogP contribution in [0.2, 0.25) is 0 Å². The molecular weight excluding hydrogens is 270 g/mol. The van der Waals surface area contributed by atoms with Crippen LogP contribution in [0, 0.1) is 6.92 Å². The third kappa shape index (κ3) is 2.64. The number of hydrogen-bond donors (Lipinski definition) is 2. The number of benzene rings is 1. The lowest BCUT2D eigenvalue weighted by Crippen LogP contribution is -2.43. The zero-order chi connectivity index (χ0) is 14.9. The van der Waals surface area contributed by atoms with E-state index in [1.807, 2.05) is 25.1 Å². The van der Waals surface area contributed by atoms with E-state index < -0.39 is 5.60 Å². The molecule has 21 heavy (non-hydrogen) atoms. The zero-order valence-corrected chi connectivity index (χ0v) is 12.2. The molecule has 1 aliphatic heterocycles. The summed E-state index contributed by atoms with van der Waals surface area (Å²) in [7, 11) is 1.61. The third-order valence-corrected chi connectivity index (χ3v) is 3.78. The van der Waals surface area contributed by atoms with Crippen LogP contribution in [-0.4, -0.2) is 35.4 Å². The van der Waals surface area contributed by atoms with Gasteiger partial charge in [0.1, 0.15) is 5.75 Å². The predicted molar refractivity (Wildman–Crippen MR) is 77.0 cm³/mol. The van der Waals surface area contributed by atoms with E-state index >= 15 is 0 Å². The van der Waals surface area contributed by atoms with Gasteiger partial charge in [0.2, 0.25) is 5.82 Å². The Balaban J connectivity index is 1.95. The monoisotopic (exact) mass is 289 g/mol. The highest BCUT2D eigenvalue weighted by atomic mass is 16.5. The molecule has 6 nitrogen and oxygen atoms in total. The molecule has 1 atom stereocenters. The normalized spacial score (nSPS) is 22.2. The van der Waals surface area contributed by atoms with E-state index in [1.165, 1.54) is 0 Å². The first-order valence-electron chi connectivity index (χ1n) is 7.05. The third-order valence-electron chi connectivity index (χ3n) is 3.78. The van der Waals surface area contributed by atoms with Crippen molar-refractivity contribution in [1.29, 1.82) is 0 Å². The van der Waals surface area contributed by atoms with Crippen LogP contribution >= 0.6 is 0 Å². The minimum Gasteiger partial charge on any atom is -0.496 e. The summed E-state index contributed by atoms with van der Waals surface area (Å²) in [5, 5.41) is 17.7. The fourth-order valence-electron chi connectivity index (χ4n) is 2.58. The Bertz CT molecular complexity index is 633. The molecule has 6 heteroatoms. The van der Waals surface area contributed by atoms with Crippen LogP contribution in [0.3, 0.4) is 0 Å². The molecule has 1 aromatic carbocycles. The van der Waals surface area contributed by atoms with Crippen LogP contribution in [0.15, 0.2) is 22.7 Å². The molecule has 2 aromatic rings. The Labute approximate surface area is 123 Å². The SMILES string of the molecule is COc1cc(C)ccc1-c1noc(C2(O)CCCNC2)n1. The first-order valence-corrected chi connectivity index (χ1v) is 7.05. The van der Waals surface area contributed by atoms with Gasteiger partial charge in [-0.05, 0) is 44.0 Å². The van der Waals surface area contributed by atoms with E-state index in [2.05, 4.69) is 15.5 Å². The summed E-state index contributed by atoms with van der Waals surface area (Å²) in [6.07, 6.45) is 1.49. The van der Waals surface area contributed by atoms with Gasteiger partial charge in [-0.2, -0.15) is 4.98 Å². The summed E-state index contributed by atoms with van der Waals surface area (Å²) in [5.41, 5.74) is 0.765. The first kappa shape index (κ1) is 14.0. The smallest absolute Gasteiger partial charge is 0.260 e. The number of rotatable bonds is 3. The van der Waals surface area contributed by atoms with Gasteiger partial charge in [0.15, 0.2) is 5.60 Å². The Morgan fingerprint density at radius 3 is 3.00 bits per heavy atom. The van der Waals surface area contributed by atoms with Crippen molar-refractivity contribution in [3.63, 3.8) is 0 Å². The van der Waals surface area contributed by atoms with Gasteiger partial charge in [-0.1, -0.05) is 11.2 Å². The number of nitrogens with one attached hydrogen (secondary N) is 1. The van der Waals surface area contributed by atoms with Crippen molar-refractivity contribution in [2.45, 2.75) is 25.4 Å². The lowest BCUT2D eigenvalue weighted by molar-refractivity contribution is -0.0167. The Morgan fingerprint density at radius 1 is 1.43 bits per heavy atom. The number of aryl methyl sites for hydroxylation is 1. The minimum atomic E-state index is -1.08. The van der Waals surface area contributed by atoms with Crippen LogP contribution in [0.1, 0.15) is 24.3 Å². The Hall–Kier alpha value is -1.92. The van der Waals surface area contributed by atoms with E-state index in [4.69, 9.17) is 9.26 Å². The van der Waals surface area contributed by atoms with Gasteiger partial charge in [-0.3, -0.25) is 0 Å². The van der Waals surface area contributed by atoms with Crippen molar-refractivity contribution in [3.8, 4) is 17.1 Å². The topological polar surface area (TPSA) is 80.4 Å². The molecule has 2 heterocycles. The van der Waals surface area contributed by atoms with Crippen molar-refractivity contribution in [3.05, 3.63) is 29.7 Å². The molecule has 0 aliphatic carbocycles. The fraction of sp³-hybridized carbons (Fsp3) is 0.467. The maximum absolute atomic E-state index is 10.6. The summed E-state index contributed by atoms with van der Waals surface area (Å²) in [6, 6.07) is 5.78. The largest absolute Gasteiger partial charge is 0.496 e. The Morgan fingerprint density at radius 2 is 2.29 bits per heavy atom. The summed E-state index contributed by atoms with van der Waals surface area (Å²) in [6.45, 7) is 3.32. The fourth-order valence-corrected chi connectivity index (χ4v) is 2.58. The van der Waals surface area contributed by atoms with Gasteiger partial charge in [0.05, 0.1) is 12.7 Å². The molecule has 3 rings (SSSR count). The second kappa shape index (κ2) is 5.46. The molecule has 0 spiro atoms. The quantitative estimate of drug-likeness (QED) is 0.894. The highest BCUT2D eigenvalue weighted by Gasteiger charge is 2.37. The van der Waals surface area contributed by atoms with E-state index in [9.17, 15) is 5.11 Å². The molecular formula is C15H19N3O3. The average Bonchev–Trinajstić information content (AvgIpc) is 2.98. The summed E-state index contributed by atoms with van der Waals surface area (Å²) in [5.74, 6) is 1.38. The highest BCUT2D eigenvalue weighted by Crippen LogP contribution is 2.32. The molecule has 0 saturated carbocycles. The maximum Gasteiger partial charge on any atom is 0.260 e. The van der Waals surface area contributed by atoms with Crippen LogP contribution in [-0.2, 0) is 5.60 Å². The predicted octanol–water partition coefficient (Wildman–Crippen LogP) is 1.62. The van der Waals surface area contributed by atoms with Gasteiger partial charge in [-0.25, -0.2) is 0 Å². The van der Waals surface area contributed by atoms with Crippen LogP contribution < -0.4 is 10.1 Å². The molecule has 2 N–H and O–H groups in total. The highest BCUT2D eigenvalue weighted by molar-refractivity contribution is 5.64. The van der Waals surface area contributed by atoms with Gasteiger partial charge in [-0.15, -0.1) is 0 Å². The number of ether oxygens (including phenoxy) is 1. The minimum absolute atomic E-state index is 0.257. The second-order valence-electron chi connectivity index (χ2n) is 5.44. The number of piperidine rings is 1. The summed E-state index contributed by atoms with van der Waals surface area (Å²) >= 11 is 0. The maximum atomic E-state index is 10.6. The van der Waals surface area contributed by atoms with Crippen molar-refractivity contribution in [1.82, 2.24) is 15.5 Å². The van der Waals surface area contributed by atoms with E-state index in [1.54, 1.807) is 7.11 Å². The Kier molecular flexibility index (Phi) is 3.65. The standard InChI is InChI=1S/C15H19N3O3/c1-10-4-5-11(12(8-10)20-2)13-17-14(21-18-13)15(19)6-3-7-16-9-15/h4-5,8,16,19H,3,6-7,9H2,1-2H3. The van der Waals surface area contributed by atoms with Gasteiger partial charge < -0.3 is 19.7 Å². The van der Waals surface area contributed by atoms with Crippen molar-refractivity contribution < 1.29 is 14.4 Å². The second-order valence-corrected chi connectivity index (χ2v) is 5.44. The van der Waals surface area contributed by atoms with Crippen LogP contribution in [0.5, 0.6) is 5.75 Å². The number of β-amino-alcohol motifs (C(OH)–C–C–N with tert-alkyl or cyclic N) is 1. The number of hydrogen-bond acceptors (Lipinski definition) is 6. The summed E-state index contributed by atoms with van der Waals surface area (Å²) in [4.78, 5) is 4.37.